The minimum absolute atomic E-state index is 0.185. The van der Waals surface area contributed by atoms with Crippen LogP contribution in [0.5, 0.6) is 0 Å². The molecular weight excluding hydrogens is 559 g/mol. The lowest BCUT2D eigenvalue weighted by molar-refractivity contribution is 0.0956. The molecule has 3 aromatic carbocycles. The van der Waals surface area contributed by atoms with E-state index in [1.807, 2.05) is 21.9 Å². The van der Waals surface area contributed by atoms with Gasteiger partial charge < -0.3 is 15.1 Å². The molecule has 1 amide bonds. The fraction of sp³-hybridized carbons (Fsp3) is 0.269. The van der Waals surface area contributed by atoms with Gasteiger partial charge in [-0.1, -0.05) is 35.3 Å². The summed E-state index contributed by atoms with van der Waals surface area (Å²) in [4.78, 5) is 16.2. The molecule has 4 rings (SSSR count). The molecule has 2 N–H and O–H groups in total. The van der Waals surface area contributed by atoms with Crippen LogP contribution in [0.4, 0.5) is 20.2 Å². The summed E-state index contributed by atoms with van der Waals surface area (Å²) in [6.45, 7) is 0.334. The van der Waals surface area contributed by atoms with Gasteiger partial charge in [0.15, 0.2) is 0 Å². The molecule has 202 valence electrons. The maximum absolute atomic E-state index is 14.4. The first-order chi connectivity index (χ1) is 17.9. The highest BCUT2D eigenvalue weighted by molar-refractivity contribution is 7.85. The van der Waals surface area contributed by atoms with Gasteiger partial charge in [-0.3, -0.25) is 9.35 Å². The molecule has 1 aliphatic rings. The third-order valence-corrected chi connectivity index (χ3v) is 7.61. The standard InChI is InChI=1S/C26H25Cl2F2N3O4S/c1-32(15-20-21(27)3-2-4-23(20)30)24-8-6-16(12-25(24)33-13-18(29)14-33)19-11-17(5-7-22(19)28)26(34)31-9-10-38(35,36)37/h2-8,11-12,18H,9-10,13-15H2,1H3,(H,31,34)(H,35,36,37). The van der Waals surface area contributed by atoms with Gasteiger partial charge in [-0.15, -0.1) is 0 Å². The molecule has 0 bridgehead atoms. The number of alkyl halides is 1. The van der Waals surface area contributed by atoms with Crippen LogP contribution in [0, 0.1) is 5.82 Å². The first kappa shape index (κ1) is 28.1. The summed E-state index contributed by atoms with van der Waals surface area (Å²) in [5.41, 5.74) is 3.24. The van der Waals surface area contributed by atoms with Gasteiger partial charge in [-0.05, 0) is 48.0 Å². The van der Waals surface area contributed by atoms with Crippen molar-refractivity contribution in [2.24, 2.45) is 0 Å². The third kappa shape index (κ3) is 6.55. The highest BCUT2D eigenvalue weighted by atomic mass is 35.5. The first-order valence-corrected chi connectivity index (χ1v) is 14.0. The lowest BCUT2D eigenvalue weighted by atomic mass is 9.99. The summed E-state index contributed by atoms with van der Waals surface area (Å²) in [6.07, 6.45) is -0.962. The topological polar surface area (TPSA) is 90.0 Å². The monoisotopic (exact) mass is 583 g/mol. The summed E-state index contributed by atoms with van der Waals surface area (Å²) in [5, 5.41) is 3.12. The molecular formula is C26H25Cl2F2N3O4S. The molecule has 0 saturated carbocycles. The van der Waals surface area contributed by atoms with Crippen LogP contribution in [0.2, 0.25) is 10.0 Å². The Labute approximate surface area is 229 Å². The number of carbonyl (C=O) groups is 1. The van der Waals surface area contributed by atoms with E-state index >= 15 is 0 Å². The number of nitrogens with one attached hydrogen (secondary N) is 1. The smallest absolute Gasteiger partial charge is 0.266 e. The summed E-state index contributed by atoms with van der Waals surface area (Å²) in [6, 6.07) is 14.6. The Kier molecular flexibility index (Phi) is 8.46. The molecule has 12 heteroatoms. The molecule has 1 saturated heterocycles. The number of carbonyl (C=O) groups excluding carboxylic acids is 1. The average molecular weight is 584 g/mol. The van der Waals surface area contributed by atoms with E-state index in [2.05, 4.69) is 5.32 Å². The van der Waals surface area contributed by atoms with E-state index in [1.54, 1.807) is 31.3 Å². The number of rotatable bonds is 9. The van der Waals surface area contributed by atoms with Crippen LogP contribution >= 0.6 is 23.2 Å². The van der Waals surface area contributed by atoms with E-state index in [4.69, 9.17) is 27.8 Å². The van der Waals surface area contributed by atoms with Crippen molar-refractivity contribution in [2.75, 3.05) is 42.2 Å². The van der Waals surface area contributed by atoms with Gasteiger partial charge in [0.25, 0.3) is 16.0 Å². The van der Waals surface area contributed by atoms with Gasteiger partial charge in [0.2, 0.25) is 0 Å². The van der Waals surface area contributed by atoms with E-state index in [-0.39, 0.29) is 31.7 Å². The van der Waals surface area contributed by atoms with Gasteiger partial charge >= 0.3 is 0 Å². The Balaban J connectivity index is 1.65. The van der Waals surface area contributed by atoms with Crippen LogP contribution in [-0.4, -0.2) is 57.5 Å². The molecule has 1 fully saturated rings. The Hall–Kier alpha value is -2.92. The lowest BCUT2D eigenvalue weighted by Gasteiger charge is -2.39. The molecule has 0 spiro atoms. The maximum atomic E-state index is 14.4. The molecule has 0 unspecified atom stereocenters. The Morgan fingerprint density at radius 3 is 2.53 bits per heavy atom. The summed E-state index contributed by atoms with van der Waals surface area (Å²) >= 11 is 12.7. The predicted octanol–water partition coefficient (Wildman–Crippen LogP) is 5.21. The minimum atomic E-state index is -4.21. The summed E-state index contributed by atoms with van der Waals surface area (Å²) < 4.78 is 58.9. The fourth-order valence-electron chi connectivity index (χ4n) is 4.18. The second kappa shape index (κ2) is 11.4. The predicted molar refractivity (Wildman–Crippen MR) is 146 cm³/mol. The zero-order chi connectivity index (χ0) is 27.6. The zero-order valence-corrected chi connectivity index (χ0v) is 22.6. The Morgan fingerprint density at radius 2 is 1.87 bits per heavy atom. The zero-order valence-electron chi connectivity index (χ0n) is 20.3. The third-order valence-electron chi connectivity index (χ3n) is 6.21. The van der Waals surface area contributed by atoms with Gasteiger partial charge in [0.1, 0.15) is 12.0 Å². The van der Waals surface area contributed by atoms with E-state index in [0.29, 0.717) is 32.4 Å². The molecule has 7 nitrogen and oxygen atoms in total. The van der Waals surface area contributed by atoms with Crippen LogP contribution < -0.4 is 15.1 Å². The van der Waals surface area contributed by atoms with Gasteiger partial charge in [-0.25, -0.2) is 8.78 Å². The van der Waals surface area contributed by atoms with Crippen molar-refractivity contribution in [1.82, 2.24) is 5.32 Å². The summed E-state index contributed by atoms with van der Waals surface area (Å²) in [5.74, 6) is -1.57. The molecule has 38 heavy (non-hydrogen) atoms. The molecule has 0 aliphatic carbocycles. The number of nitrogens with zero attached hydrogens (tertiary/aromatic N) is 2. The molecule has 0 aromatic heterocycles. The van der Waals surface area contributed by atoms with Crippen molar-refractivity contribution in [2.45, 2.75) is 12.7 Å². The van der Waals surface area contributed by atoms with Gasteiger partial charge in [0, 0.05) is 46.9 Å². The van der Waals surface area contributed by atoms with Gasteiger partial charge in [0.05, 0.1) is 30.2 Å². The normalized spacial score (nSPS) is 13.8. The number of hydrogen-bond donors (Lipinski definition) is 2. The van der Waals surface area contributed by atoms with E-state index in [0.717, 1.165) is 5.69 Å². The Morgan fingerprint density at radius 1 is 1.13 bits per heavy atom. The van der Waals surface area contributed by atoms with Crippen molar-refractivity contribution in [1.29, 1.82) is 0 Å². The van der Waals surface area contributed by atoms with Crippen molar-refractivity contribution in [3.05, 3.63) is 81.6 Å². The molecule has 3 aromatic rings. The highest BCUT2D eigenvalue weighted by Crippen LogP contribution is 2.39. The number of halogens is 4. The first-order valence-electron chi connectivity index (χ1n) is 11.6. The molecule has 0 radical (unpaired) electrons. The largest absolute Gasteiger partial charge is 0.368 e. The number of amides is 1. The second-order valence-corrected chi connectivity index (χ2v) is 11.4. The van der Waals surface area contributed by atoms with Crippen molar-refractivity contribution in [3.8, 4) is 11.1 Å². The van der Waals surface area contributed by atoms with Crippen molar-refractivity contribution < 1.29 is 26.5 Å². The van der Waals surface area contributed by atoms with Crippen LogP contribution in [-0.2, 0) is 16.7 Å². The molecule has 0 atom stereocenters. The Bertz CT molecular complexity index is 1450. The van der Waals surface area contributed by atoms with Crippen LogP contribution in [0.3, 0.4) is 0 Å². The van der Waals surface area contributed by atoms with E-state index in [9.17, 15) is 22.0 Å². The highest BCUT2D eigenvalue weighted by Gasteiger charge is 2.29. The molecule has 1 heterocycles. The van der Waals surface area contributed by atoms with Crippen LogP contribution in [0.15, 0.2) is 54.6 Å². The second-order valence-electron chi connectivity index (χ2n) is 9.00. The maximum Gasteiger partial charge on any atom is 0.266 e. The number of anilines is 2. The van der Waals surface area contributed by atoms with Gasteiger partial charge in [-0.2, -0.15) is 8.42 Å². The van der Waals surface area contributed by atoms with Crippen molar-refractivity contribution in [3.63, 3.8) is 0 Å². The van der Waals surface area contributed by atoms with Crippen LogP contribution in [0.25, 0.3) is 11.1 Å². The van der Waals surface area contributed by atoms with E-state index < -0.39 is 33.8 Å². The number of hydrogen-bond acceptors (Lipinski definition) is 5. The SMILES string of the molecule is CN(Cc1c(F)cccc1Cl)c1ccc(-c2cc(C(=O)NCCS(=O)(=O)O)ccc2Cl)cc1N1CC(F)C1. The lowest BCUT2D eigenvalue weighted by Crippen LogP contribution is -2.49. The van der Waals surface area contributed by atoms with E-state index in [1.165, 1.54) is 18.2 Å². The average Bonchev–Trinajstić information content (AvgIpc) is 2.83. The quantitative estimate of drug-likeness (QED) is 0.336. The number of benzene rings is 3. The van der Waals surface area contributed by atoms with Crippen molar-refractivity contribution >= 4 is 50.6 Å². The summed E-state index contributed by atoms with van der Waals surface area (Å²) in [7, 11) is -2.42. The molecule has 1 aliphatic heterocycles. The fourth-order valence-corrected chi connectivity index (χ4v) is 4.99. The van der Waals surface area contributed by atoms with Crippen LogP contribution in [0.1, 0.15) is 15.9 Å². The minimum Gasteiger partial charge on any atom is -0.368 e.